The number of amides is 1. The summed E-state index contributed by atoms with van der Waals surface area (Å²) in [5.41, 5.74) is 5.86. The summed E-state index contributed by atoms with van der Waals surface area (Å²) in [6, 6.07) is 14.4. The molecule has 1 unspecified atom stereocenters. The number of carbonyl (C=O) groups excluding carboxylic acids is 5. The summed E-state index contributed by atoms with van der Waals surface area (Å²) in [6.45, 7) is 3.33. The molecule has 1 heterocycles. The Hall–Kier alpha value is -5.04. The predicted octanol–water partition coefficient (Wildman–Crippen LogP) is 4.86. The lowest BCUT2D eigenvalue weighted by molar-refractivity contribution is -0.181. The molecule has 0 bridgehead atoms. The number of aromatic nitrogens is 1. The third-order valence-electron chi connectivity index (χ3n) is 13.2. The number of anilines is 1. The van der Waals surface area contributed by atoms with Crippen molar-refractivity contribution in [3.8, 4) is 0 Å². The van der Waals surface area contributed by atoms with Gasteiger partial charge in [-0.3, -0.25) is 29.0 Å². The molecule has 0 spiro atoms. The minimum atomic E-state index is -1.78. The van der Waals surface area contributed by atoms with Crippen molar-refractivity contribution in [3.63, 3.8) is 0 Å². The van der Waals surface area contributed by atoms with Crippen LogP contribution >= 0.6 is 0 Å². The minimum Gasteiger partial charge on any atom is -0.461 e. The van der Waals surface area contributed by atoms with Crippen molar-refractivity contribution in [2.24, 2.45) is 34.3 Å². The topological polar surface area (TPSA) is 195 Å². The maximum Gasteiger partial charge on any atom is 0.306 e. The highest BCUT2D eigenvalue weighted by atomic mass is 16.5. The third kappa shape index (κ3) is 7.21. The number of ketones is 2. The fourth-order valence-corrected chi connectivity index (χ4v) is 10.2. The van der Waals surface area contributed by atoms with Gasteiger partial charge < -0.3 is 30.7 Å². The predicted molar refractivity (Wildman–Crippen MR) is 207 cm³/mol. The lowest BCUT2D eigenvalue weighted by Gasteiger charge is -2.59. The Labute approximate surface area is 325 Å². The van der Waals surface area contributed by atoms with Gasteiger partial charge in [0.25, 0.3) is 0 Å². The highest BCUT2D eigenvalue weighted by Gasteiger charge is 2.68. The van der Waals surface area contributed by atoms with Crippen LogP contribution in [0.25, 0.3) is 10.8 Å². The second kappa shape index (κ2) is 15.5. The Balaban J connectivity index is 0.865. The molecule has 0 radical (unpaired) electrons. The van der Waals surface area contributed by atoms with Crippen molar-refractivity contribution >= 4 is 45.9 Å². The fourth-order valence-electron chi connectivity index (χ4n) is 10.2. The first-order chi connectivity index (χ1) is 26.8. The average molecular weight is 764 g/mol. The third-order valence-corrected chi connectivity index (χ3v) is 13.2. The molecular weight excluding hydrogens is 714 g/mol. The monoisotopic (exact) mass is 763 g/mol. The molecule has 2 aromatic carbocycles. The van der Waals surface area contributed by atoms with E-state index in [0.717, 1.165) is 22.8 Å². The van der Waals surface area contributed by atoms with Gasteiger partial charge in [0, 0.05) is 46.8 Å². The number of hydrogen-bond acceptors (Lipinski definition) is 11. The highest BCUT2D eigenvalue weighted by molar-refractivity contribution is 6.01. The zero-order valence-corrected chi connectivity index (χ0v) is 31.7. The first-order valence-corrected chi connectivity index (χ1v) is 19.4. The number of rotatable bonds is 12. The Morgan fingerprint density at radius 3 is 2.50 bits per heavy atom. The van der Waals surface area contributed by atoms with Crippen molar-refractivity contribution in [2.45, 2.75) is 83.0 Å². The summed E-state index contributed by atoms with van der Waals surface area (Å²) in [5, 5.41) is 28.3. The van der Waals surface area contributed by atoms with Gasteiger partial charge in [0.2, 0.25) is 11.7 Å². The average Bonchev–Trinajstić information content (AvgIpc) is 3.46. The van der Waals surface area contributed by atoms with Crippen LogP contribution in [0, 0.1) is 28.6 Å². The number of esters is 2. The molecule has 3 fully saturated rings. The molecule has 294 valence electrons. The summed E-state index contributed by atoms with van der Waals surface area (Å²) >= 11 is 0. The number of ether oxygens (including phenoxy) is 2. The van der Waals surface area contributed by atoms with Gasteiger partial charge in [0.15, 0.2) is 12.4 Å². The van der Waals surface area contributed by atoms with E-state index in [2.05, 4.69) is 17.2 Å². The molecule has 56 heavy (non-hydrogen) atoms. The molecule has 5 N–H and O–H groups in total. The van der Waals surface area contributed by atoms with Crippen molar-refractivity contribution in [1.29, 1.82) is 0 Å². The number of nitrogens with zero attached hydrogens (tertiary/aromatic N) is 1. The summed E-state index contributed by atoms with van der Waals surface area (Å²) in [6.07, 6.45) is 9.73. The van der Waals surface area contributed by atoms with Crippen LogP contribution in [-0.4, -0.2) is 69.5 Å². The van der Waals surface area contributed by atoms with Gasteiger partial charge in [0.05, 0.1) is 24.9 Å². The van der Waals surface area contributed by atoms with Gasteiger partial charge in [0.1, 0.15) is 12.2 Å². The number of hydrogen-bond donors (Lipinski definition) is 4. The molecule has 3 aromatic rings. The molecule has 4 aliphatic carbocycles. The van der Waals surface area contributed by atoms with E-state index in [-0.39, 0.29) is 68.3 Å². The molecular formula is C44H49N3O9. The van der Waals surface area contributed by atoms with Gasteiger partial charge in [-0.15, -0.1) is 0 Å². The van der Waals surface area contributed by atoms with Gasteiger partial charge >= 0.3 is 11.9 Å². The van der Waals surface area contributed by atoms with E-state index in [1.807, 2.05) is 37.3 Å². The van der Waals surface area contributed by atoms with Gasteiger partial charge in [-0.05, 0) is 90.8 Å². The number of Topliss-reactive ketones (excluding diaryl/α,β-unsaturated/α-hetero) is 1. The number of fused-ring (bicyclic) bond motifs is 6. The van der Waals surface area contributed by atoms with Crippen LogP contribution < -0.4 is 11.1 Å². The van der Waals surface area contributed by atoms with Crippen LogP contribution in [0.4, 0.5) is 5.69 Å². The number of allylic oxidation sites excluding steroid dienone is 4. The molecule has 12 heteroatoms. The number of benzene rings is 2. The zero-order valence-electron chi connectivity index (χ0n) is 31.7. The number of nitrogens with two attached hydrogens (primary N) is 1. The van der Waals surface area contributed by atoms with Crippen molar-refractivity contribution < 1.29 is 43.7 Å². The summed E-state index contributed by atoms with van der Waals surface area (Å²) < 4.78 is 10.6. The van der Waals surface area contributed by atoms with Crippen LogP contribution in [0.15, 0.2) is 84.7 Å². The number of aliphatic hydroxyl groups is 2. The maximum absolute atomic E-state index is 13.6. The van der Waals surface area contributed by atoms with Gasteiger partial charge in [-0.1, -0.05) is 55.8 Å². The highest BCUT2D eigenvalue weighted by Crippen LogP contribution is 2.67. The quantitative estimate of drug-likeness (QED) is 0.184. The second-order valence-corrected chi connectivity index (χ2v) is 16.3. The number of nitrogens with one attached hydrogen (secondary N) is 1. The molecule has 4 aliphatic rings. The van der Waals surface area contributed by atoms with Crippen molar-refractivity contribution in [1.82, 2.24) is 4.98 Å². The zero-order chi connectivity index (χ0) is 39.8. The number of pyridine rings is 1. The fraction of sp³-hybridized carbons (Fsp3) is 0.455. The Kier molecular flexibility index (Phi) is 10.8. The van der Waals surface area contributed by atoms with E-state index < -0.39 is 52.8 Å². The maximum atomic E-state index is 13.6. The lowest BCUT2D eigenvalue weighted by Crippen LogP contribution is -2.61. The van der Waals surface area contributed by atoms with Crippen LogP contribution in [0.1, 0.15) is 75.8 Å². The summed E-state index contributed by atoms with van der Waals surface area (Å²) in [5.74, 6) is -3.03. The lowest BCUT2D eigenvalue weighted by atomic mass is 9.46. The van der Waals surface area contributed by atoms with E-state index in [0.29, 0.717) is 29.7 Å². The van der Waals surface area contributed by atoms with Gasteiger partial charge in [-0.2, -0.15) is 0 Å². The van der Waals surface area contributed by atoms with Crippen LogP contribution in [0.3, 0.4) is 0 Å². The molecule has 12 nitrogen and oxygen atoms in total. The normalized spacial score (nSPS) is 29.7. The van der Waals surface area contributed by atoms with Crippen molar-refractivity contribution in [3.05, 3.63) is 95.9 Å². The standard InChI is InChI=1S/C44H49N3O9/c1-42-16-13-32(48)20-30(42)8-10-33-35-14-17-44(54,43(35,2)21-36(49)40(33)42)37(50)25-56-39(52)12-11-38(51)55-24-26-3-5-27(6-4-26)34(22-45)41(53)47-31-9-7-29-23-46-18-15-28(29)19-31/h3-7,9,13,15-16,18-20,23,33-36,40,49,54H,8,10-12,14,17,21-22,24-25,45H2,1-2H3,(H,47,53)/t33-,34?,35-,36-,40+,42-,43-,44-/m0/s1. The smallest absolute Gasteiger partial charge is 0.306 e. The largest absolute Gasteiger partial charge is 0.461 e. The van der Waals surface area contributed by atoms with Crippen LogP contribution in [0.5, 0.6) is 0 Å². The Bertz CT molecular complexity index is 2110. The van der Waals surface area contributed by atoms with E-state index in [4.69, 9.17) is 15.2 Å². The SMILES string of the molecule is C[C@]12C=CC(=O)C=C1CC[C@@H]1[C@@H]2[C@@H](O)C[C@@]2(C)[C@H]1CC[C@]2(O)C(=O)COC(=O)CCC(=O)OCc1ccc(C(CN)C(=O)Nc2ccc3cnccc3c2)cc1. The Morgan fingerprint density at radius 2 is 1.75 bits per heavy atom. The van der Waals surface area contributed by atoms with E-state index >= 15 is 0 Å². The molecule has 1 aromatic heterocycles. The first kappa shape index (κ1) is 39.2. The van der Waals surface area contributed by atoms with Gasteiger partial charge in [-0.25, -0.2) is 0 Å². The number of carbonyl (C=O) groups is 5. The van der Waals surface area contributed by atoms with Crippen LogP contribution in [-0.2, 0) is 40.1 Å². The van der Waals surface area contributed by atoms with E-state index in [9.17, 15) is 34.2 Å². The molecule has 0 aliphatic heterocycles. The molecule has 8 atom stereocenters. The van der Waals surface area contributed by atoms with Crippen molar-refractivity contribution in [2.75, 3.05) is 18.5 Å². The second-order valence-electron chi connectivity index (χ2n) is 16.3. The van der Waals surface area contributed by atoms with E-state index in [1.54, 1.807) is 48.8 Å². The first-order valence-electron chi connectivity index (χ1n) is 19.4. The summed E-state index contributed by atoms with van der Waals surface area (Å²) in [7, 11) is 0. The minimum absolute atomic E-state index is 0.0307. The molecule has 3 saturated carbocycles. The van der Waals surface area contributed by atoms with E-state index in [1.165, 1.54) is 0 Å². The van der Waals surface area contributed by atoms with Crippen LogP contribution in [0.2, 0.25) is 0 Å². The number of aliphatic hydroxyl groups excluding tert-OH is 1. The molecule has 1 amide bonds. The summed E-state index contributed by atoms with van der Waals surface area (Å²) in [4.78, 5) is 68.0. The molecule has 0 saturated heterocycles. The molecule has 7 rings (SSSR count). The Morgan fingerprint density at radius 1 is 1.00 bits per heavy atom.